The van der Waals surface area contributed by atoms with Crippen molar-refractivity contribution in [3.63, 3.8) is 0 Å². The number of non-ortho nitro benzene ring substituents is 1. The van der Waals surface area contributed by atoms with Crippen molar-refractivity contribution in [2.24, 2.45) is 5.92 Å². The quantitative estimate of drug-likeness (QED) is 0.349. The Hall–Kier alpha value is -4.28. The van der Waals surface area contributed by atoms with Crippen LogP contribution in [0.2, 0.25) is 0 Å². The van der Waals surface area contributed by atoms with Crippen molar-refractivity contribution in [2.75, 3.05) is 13.2 Å². The second-order valence-corrected chi connectivity index (χ2v) is 7.46. The fourth-order valence-electron chi connectivity index (χ4n) is 3.26. The van der Waals surface area contributed by atoms with Gasteiger partial charge in [-0.25, -0.2) is 0 Å². The number of esters is 1. The molecule has 0 unspecified atom stereocenters. The Morgan fingerprint density at radius 2 is 1.82 bits per heavy atom. The third-order valence-electron chi connectivity index (χ3n) is 5.06. The zero-order valence-corrected chi connectivity index (χ0v) is 17.7. The number of nitro benzene ring substituents is 1. The minimum Gasteiger partial charge on any atom is -0.455 e. The highest BCUT2D eigenvalue weighted by atomic mass is 16.6. The topological polar surface area (TPSA) is 148 Å². The van der Waals surface area contributed by atoms with Gasteiger partial charge in [0.05, 0.1) is 23.4 Å². The summed E-state index contributed by atoms with van der Waals surface area (Å²) in [7, 11) is 0. The molecule has 0 saturated carbocycles. The zero-order chi connectivity index (χ0) is 24.0. The van der Waals surface area contributed by atoms with Crippen LogP contribution in [0.5, 0.6) is 0 Å². The first-order valence-corrected chi connectivity index (χ1v) is 10.1. The molecule has 1 heterocycles. The zero-order valence-electron chi connectivity index (χ0n) is 17.7. The van der Waals surface area contributed by atoms with Crippen molar-refractivity contribution in [1.82, 2.24) is 15.8 Å². The molecule has 11 nitrogen and oxygen atoms in total. The Balaban J connectivity index is 1.46. The van der Waals surface area contributed by atoms with E-state index >= 15 is 0 Å². The normalized spacial score (nSPS) is 16.1. The molecule has 1 aliphatic rings. The van der Waals surface area contributed by atoms with Gasteiger partial charge >= 0.3 is 5.97 Å². The number of hydrazine groups is 1. The van der Waals surface area contributed by atoms with Gasteiger partial charge in [-0.1, -0.05) is 30.3 Å². The average molecular weight is 454 g/mol. The molecule has 0 bridgehead atoms. The van der Waals surface area contributed by atoms with Crippen molar-refractivity contribution in [3.05, 3.63) is 75.8 Å². The summed E-state index contributed by atoms with van der Waals surface area (Å²) in [6, 6.07) is 13.9. The summed E-state index contributed by atoms with van der Waals surface area (Å²) >= 11 is 0. The van der Waals surface area contributed by atoms with Crippen LogP contribution in [0.3, 0.4) is 0 Å². The molecule has 0 aromatic heterocycles. The van der Waals surface area contributed by atoms with Crippen LogP contribution in [-0.4, -0.2) is 46.8 Å². The number of nitro groups is 1. The van der Waals surface area contributed by atoms with Crippen LogP contribution in [-0.2, 0) is 19.1 Å². The second kappa shape index (κ2) is 10.4. The molecule has 1 fully saturated rings. The third kappa shape index (κ3) is 6.12. The van der Waals surface area contributed by atoms with Gasteiger partial charge in [0.15, 0.2) is 6.61 Å². The highest BCUT2D eigenvalue weighted by Gasteiger charge is 2.36. The molecule has 3 amide bonds. The molecule has 2 atom stereocenters. The number of carbonyl (C=O) groups is 4. The summed E-state index contributed by atoms with van der Waals surface area (Å²) < 4.78 is 5.04. The minimum absolute atomic E-state index is 0.113. The molecule has 2 aromatic carbocycles. The fourth-order valence-corrected chi connectivity index (χ4v) is 3.26. The number of ether oxygens (including phenoxy) is 1. The molecule has 3 rings (SSSR count). The van der Waals surface area contributed by atoms with E-state index in [2.05, 4.69) is 10.7 Å². The monoisotopic (exact) mass is 454 g/mol. The molecule has 0 aliphatic carbocycles. The van der Waals surface area contributed by atoms with Gasteiger partial charge in [-0.05, 0) is 24.6 Å². The first-order valence-electron chi connectivity index (χ1n) is 10.1. The predicted molar refractivity (Wildman–Crippen MR) is 114 cm³/mol. The van der Waals surface area contributed by atoms with Crippen molar-refractivity contribution in [3.8, 4) is 0 Å². The van der Waals surface area contributed by atoms with Gasteiger partial charge in [-0.15, -0.1) is 0 Å². The standard InChI is InChI=1S/C22H22N4O7/c1-14(15-5-3-2-4-6-15)23-19(27)13-33-22(30)17-11-20(28)25(12-17)24-21(29)16-7-9-18(10-8-16)26(31)32/h2-10,14,17H,11-13H2,1H3,(H,23,27)(H,24,29)/t14-,17+/m0/s1. The van der Waals surface area contributed by atoms with E-state index in [-0.39, 0.29) is 30.3 Å². The SMILES string of the molecule is C[C@H](NC(=O)COC(=O)[C@@H]1CC(=O)N(NC(=O)c2ccc([N+](=O)[O-])cc2)C1)c1ccccc1. The molecular weight excluding hydrogens is 432 g/mol. The predicted octanol–water partition coefficient (Wildman–Crippen LogP) is 1.51. The number of nitrogens with one attached hydrogen (secondary N) is 2. The molecule has 1 saturated heterocycles. The Morgan fingerprint density at radius 1 is 1.15 bits per heavy atom. The first-order chi connectivity index (χ1) is 15.7. The van der Waals surface area contributed by atoms with Crippen molar-refractivity contribution >= 4 is 29.4 Å². The highest BCUT2D eigenvalue weighted by molar-refractivity contribution is 5.96. The number of nitrogens with zero attached hydrogens (tertiary/aromatic N) is 2. The Labute approximate surface area is 188 Å². The van der Waals surface area contributed by atoms with Crippen molar-refractivity contribution in [1.29, 1.82) is 0 Å². The lowest BCUT2D eigenvalue weighted by Gasteiger charge is -2.18. The fraction of sp³-hybridized carbons (Fsp3) is 0.273. The number of hydrogen-bond donors (Lipinski definition) is 2. The van der Waals surface area contributed by atoms with Gasteiger partial charge in [0.2, 0.25) is 5.91 Å². The van der Waals surface area contributed by atoms with Gasteiger partial charge in [0.25, 0.3) is 17.5 Å². The number of benzene rings is 2. The maximum absolute atomic E-state index is 12.3. The average Bonchev–Trinajstić information content (AvgIpc) is 3.18. The lowest BCUT2D eigenvalue weighted by atomic mass is 10.1. The summed E-state index contributed by atoms with van der Waals surface area (Å²) in [5.74, 6) is -3.18. The van der Waals surface area contributed by atoms with Gasteiger partial charge in [0.1, 0.15) is 0 Å². The van der Waals surface area contributed by atoms with E-state index in [0.29, 0.717) is 0 Å². The summed E-state index contributed by atoms with van der Waals surface area (Å²) in [6.07, 6.45) is -0.179. The smallest absolute Gasteiger partial charge is 0.311 e. The number of hydrogen-bond acceptors (Lipinski definition) is 7. The van der Waals surface area contributed by atoms with E-state index in [9.17, 15) is 29.3 Å². The first kappa shape index (κ1) is 23.4. The van der Waals surface area contributed by atoms with E-state index in [1.807, 2.05) is 30.3 Å². The van der Waals surface area contributed by atoms with Gasteiger partial charge < -0.3 is 10.1 Å². The molecule has 1 aliphatic heterocycles. The molecule has 172 valence electrons. The maximum Gasteiger partial charge on any atom is 0.311 e. The molecular formula is C22H22N4O7. The largest absolute Gasteiger partial charge is 0.455 e. The number of rotatable bonds is 8. The number of amides is 3. The summed E-state index contributed by atoms with van der Waals surface area (Å²) in [6.45, 7) is 1.20. The van der Waals surface area contributed by atoms with Crippen molar-refractivity contribution < 1.29 is 28.8 Å². The summed E-state index contributed by atoms with van der Waals surface area (Å²) in [5.41, 5.74) is 3.22. The van der Waals surface area contributed by atoms with Crippen molar-refractivity contribution in [2.45, 2.75) is 19.4 Å². The van der Waals surface area contributed by atoms with E-state index < -0.39 is 41.1 Å². The van der Waals surface area contributed by atoms with Crippen LogP contribution < -0.4 is 10.7 Å². The van der Waals surface area contributed by atoms with Crippen LogP contribution in [0.4, 0.5) is 5.69 Å². The summed E-state index contributed by atoms with van der Waals surface area (Å²) in [4.78, 5) is 59.0. The number of carbonyl (C=O) groups excluding carboxylic acids is 4. The van der Waals surface area contributed by atoms with Crippen LogP contribution in [0.25, 0.3) is 0 Å². The maximum atomic E-state index is 12.3. The van der Waals surface area contributed by atoms with Crippen LogP contribution in [0.15, 0.2) is 54.6 Å². The second-order valence-electron chi connectivity index (χ2n) is 7.46. The molecule has 2 aromatic rings. The van der Waals surface area contributed by atoms with Gasteiger partial charge in [-0.3, -0.25) is 39.7 Å². The molecule has 0 radical (unpaired) electrons. The van der Waals surface area contributed by atoms with Gasteiger partial charge in [-0.2, -0.15) is 0 Å². The third-order valence-corrected chi connectivity index (χ3v) is 5.06. The Bertz CT molecular complexity index is 1060. The van der Waals surface area contributed by atoms with E-state index in [0.717, 1.165) is 10.6 Å². The van der Waals surface area contributed by atoms with Crippen LogP contribution in [0, 0.1) is 16.0 Å². The van der Waals surface area contributed by atoms with Crippen LogP contribution >= 0.6 is 0 Å². The minimum atomic E-state index is -0.839. The lowest BCUT2D eigenvalue weighted by Crippen LogP contribution is -2.43. The molecule has 0 spiro atoms. The molecule has 2 N–H and O–H groups in total. The Kier molecular flexibility index (Phi) is 7.34. The Morgan fingerprint density at radius 3 is 2.45 bits per heavy atom. The highest BCUT2D eigenvalue weighted by Crippen LogP contribution is 2.19. The van der Waals surface area contributed by atoms with Crippen LogP contribution in [0.1, 0.15) is 35.3 Å². The van der Waals surface area contributed by atoms with E-state index in [1.165, 1.54) is 24.3 Å². The molecule has 33 heavy (non-hydrogen) atoms. The lowest BCUT2D eigenvalue weighted by molar-refractivity contribution is -0.384. The van der Waals surface area contributed by atoms with E-state index in [4.69, 9.17) is 4.74 Å². The summed E-state index contributed by atoms with van der Waals surface area (Å²) in [5, 5.41) is 14.4. The van der Waals surface area contributed by atoms with E-state index in [1.54, 1.807) is 6.92 Å². The van der Waals surface area contributed by atoms with Gasteiger partial charge in [0, 0.05) is 24.1 Å². The molecule has 11 heteroatoms.